The number of carbonyl (C=O) groups is 2. The predicted molar refractivity (Wildman–Crippen MR) is 142 cm³/mol. The van der Waals surface area contributed by atoms with E-state index in [1.54, 1.807) is 37.4 Å². The number of rotatable bonds is 8. The molecule has 9 heteroatoms. The molecule has 0 radical (unpaired) electrons. The van der Waals surface area contributed by atoms with Crippen molar-refractivity contribution in [1.29, 1.82) is 0 Å². The van der Waals surface area contributed by atoms with E-state index in [2.05, 4.69) is 32.7 Å². The van der Waals surface area contributed by atoms with Gasteiger partial charge in [0.15, 0.2) is 0 Å². The van der Waals surface area contributed by atoms with E-state index in [1.165, 1.54) is 0 Å². The third-order valence-corrected chi connectivity index (χ3v) is 6.79. The van der Waals surface area contributed by atoms with Gasteiger partial charge in [0.2, 0.25) is 0 Å². The molecule has 3 N–H and O–H groups in total. The lowest BCUT2D eigenvalue weighted by molar-refractivity contribution is 0.0383. The van der Waals surface area contributed by atoms with Crippen molar-refractivity contribution in [3.63, 3.8) is 0 Å². The predicted octanol–water partition coefficient (Wildman–Crippen LogP) is 3.64. The molecule has 36 heavy (non-hydrogen) atoms. The number of nitrogens with one attached hydrogen (secondary N) is 3. The van der Waals surface area contributed by atoms with Crippen LogP contribution in [-0.2, 0) is 4.74 Å². The molecule has 0 spiro atoms. The first-order valence-electron chi connectivity index (χ1n) is 12.7. The Morgan fingerprint density at radius 3 is 2.33 bits per heavy atom. The monoisotopic (exact) mass is 495 g/mol. The summed E-state index contributed by atoms with van der Waals surface area (Å²) >= 11 is 0. The highest BCUT2D eigenvalue weighted by Gasteiger charge is 2.22. The average molecular weight is 496 g/mol. The third-order valence-electron chi connectivity index (χ3n) is 6.79. The first-order chi connectivity index (χ1) is 17.5. The summed E-state index contributed by atoms with van der Waals surface area (Å²) in [5.41, 5.74) is 2.70. The van der Waals surface area contributed by atoms with Crippen LogP contribution in [0, 0.1) is 5.92 Å². The molecule has 2 heterocycles. The Hall–Kier alpha value is -3.30. The van der Waals surface area contributed by atoms with Crippen LogP contribution in [0.25, 0.3) is 0 Å². The van der Waals surface area contributed by atoms with E-state index in [0.717, 1.165) is 64.5 Å². The minimum Gasteiger partial charge on any atom is -0.497 e. The van der Waals surface area contributed by atoms with Gasteiger partial charge in [0.25, 0.3) is 5.91 Å². The number of methoxy groups -OCH3 is 1. The maximum atomic E-state index is 13.3. The van der Waals surface area contributed by atoms with E-state index >= 15 is 0 Å². The number of anilines is 3. The Kier molecular flexibility index (Phi) is 9.02. The summed E-state index contributed by atoms with van der Waals surface area (Å²) in [5, 5.41) is 8.75. The first kappa shape index (κ1) is 25.8. The zero-order valence-corrected chi connectivity index (χ0v) is 21.2. The molecule has 0 aliphatic carbocycles. The molecule has 0 saturated carbocycles. The normalized spacial score (nSPS) is 16.9. The summed E-state index contributed by atoms with van der Waals surface area (Å²) in [6, 6.07) is 12.3. The topological polar surface area (TPSA) is 95.2 Å². The van der Waals surface area contributed by atoms with Gasteiger partial charge in [0.05, 0.1) is 25.9 Å². The fourth-order valence-electron chi connectivity index (χ4n) is 4.54. The number of ether oxygens (including phenoxy) is 2. The van der Waals surface area contributed by atoms with Gasteiger partial charge >= 0.3 is 6.03 Å². The maximum absolute atomic E-state index is 13.3. The molecule has 2 aromatic carbocycles. The van der Waals surface area contributed by atoms with Crippen molar-refractivity contribution in [1.82, 2.24) is 10.2 Å². The quantitative estimate of drug-likeness (QED) is 0.518. The number of piperidine rings is 1. The van der Waals surface area contributed by atoms with Crippen molar-refractivity contribution in [3.8, 4) is 5.75 Å². The van der Waals surface area contributed by atoms with Crippen molar-refractivity contribution in [2.75, 3.05) is 75.1 Å². The Morgan fingerprint density at radius 1 is 0.972 bits per heavy atom. The van der Waals surface area contributed by atoms with Crippen LogP contribution >= 0.6 is 0 Å². The SMILES string of the molecule is COc1ccc(NC(=O)Nc2ccc(N3CCC(C)CC3)c(C(=O)NCCN3CCOCC3)c2)cc1. The molecule has 0 atom stereocenters. The lowest BCUT2D eigenvalue weighted by Gasteiger charge is -2.33. The Balaban J connectivity index is 1.44. The van der Waals surface area contributed by atoms with Crippen molar-refractivity contribution in [3.05, 3.63) is 48.0 Å². The number of hydrogen-bond acceptors (Lipinski definition) is 6. The molecule has 0 aromatic heterocycles. The molecule has 2 aliphatic rings. The second-order valence-electron chi connectivity index (χ2n) is 9.42. The Bertz CT molecular complexity index is 1020. The third kappa shape index (κ3) is 7.11. The fraction of sp³-hybridized carbons (Fsp3) is 0.481. The molecule has 2 saturated heterocycles. The van der Waals surface area contributed by atoms with Gasteiger partial charge < -0.3 is 30.3 Å². The highest BCUT2D eigenvalue weighted by atomic mass is 16.5. The molecule has 4 rings (SSSR count). The largest absolute Gasteiger partial charge is 0.497 e. The summed E-state index contributed by atoms with van der Waals surface area (Å²) < 4.78 is 10.6. The summed E-state index contributed by atoms with van der Waals surface area (Å²) in [7, 11) is 1.60. The lowest BCUT2D eigenvalue weighted by Crippen LogP contribution is -2.41. The van der Waals surface area contributed by atoms with E-state index in [9.17, 15) is 9.59 Å². The minimum absolute atomic E-state index is 0.129. The molecular formula is C27H37N5O4. The van der Waals surface area contributed by atoms with Crippen LogP contribution < -0.4 is 25.6 Å². The second kappa shape index (κ2) is 12.6. The standard InChI is InChI=1S/C27H37N5O4/c1-20-9-12-32(13-10-20)25-8-5-22(30-27(34)29-21-3-6-23(35-2)7-4-21)19-24(25)26(33)28-11-14-31-15-17-36-18-16-31/h3-8,19-20H,9-18H2,1-2H3,(H,28,33)(H2,29,30,34). The number of benzene rings is 2. The van der Waals surface area contributed by atoms with Crippen LogP contribution in [0.1, 0.15) is 30.1 Å². The number of carbonyl (C=O) groups excluding carboxylic acids is 2. The van der Waals surface area contributed by atoms with Crippen molar-refractivity contribution in [2.24, 2.45) is 5.92 Å². The molecule has 0 unspecified atom stereocenters. The zero-order chi connectivity index (χ0) is 25.3. The maximum Gasteiger partial charge on any atom is 0.323 e. The molecule has 194 valence electrons. The summed E-state index contributed by atoms with van der Waals surface area (Å²) in [6.45, 7) is 8.69. The summed E-state index contributed by atoms with van der Waals surface area (Å²) in [6.07, 6.45) is 2.20. The van der Waals surface area contributed by atoms with E-state index < -0.39 is 0 Å². The van der Waals surface area contributed by atoms with Crippen molar-refractivity contribution in [2.45, 2.75) is 19.8 Å². The van der Waals surface area contributed by atoms with Gasteiger partial charge in [-0.15, -0.1) is 0 Å². The van der Waals surface area contributed by atoms with Crippen LogP contribution in [0.2, 0.25) is 0 Å². The molecule has 2 fully saturated rings. The Labute approximate surface area is 213 Å². The van der Waals surface area contributed by atoms with Gasteiger partial charge in [-0.05, 0) is 61.2 Å². The number of nitrogens with zero attached hydrogens (tertiary/aromatic N) is 2. The fourth-order valence-corrected chi connectivity index (χ4v) is 4.54. The molecule has 3 amide bonds. The number of morpholine rings is 1. The summed E-state index contributed by atoms with van der Waals surface area (Å²) in [4.78, 5) is 30.5. The number of hydrogen-bond donors (Lipinski definition) is 3. The van der Waals surface area contributed by atoms with Crippen LogP contribution in [0.15, 0.2) is 42.5 Å². The Morgan fingerprint density at radius 2 is 1.64 bits per heavy atom. The summed E-state index contributed by atoms with van der Waals surface area (Å²) in [5.74, 6) is 1.28. The number of amides is 3. The van der Waals surface area contributed by atoms with Crippen molar-refractivity contribution < 1.29 is 19.1 Å². The van der Waals surface area contributed by atoms with E-state index in [-0.39, 0.29) is 11.9 Å². The highest BCUT2D eigenvalue weighted by Crippen LogP contribution is 2.29. The molecular weight excluding hydrogens is 458 g/mol. The second-order valence-corrected chi connectivity index (χ2v) is 9.42. The van der Waals surface area contributed by atoms with E-state index in [0.29, 0.717) is 35.2 Å². The van der Waals surface area contributed by atoms with Crippen LogP contribution in [-0.4, -0.2) is 76.4 Å². The lowest BCUT2D eigenvalue weighted by atomic mass is 9.98. The van der Waals surface area contributed by atoms with Crippen LogP contribution in [0.3, 0.4) is 0 Å². The number of urea groups is 1. The van der Waals surface area contributed by atoms with Gasteiger partial charge in [-0.3, -0.25) is 9.69 Å². The zero-order valence-electron chi connectivity index (χ0n) is 21.2. The average Bonchev–Trinajstić information content (AvgIpc) is 2.90. The van der Waals surface area contributed by atoms with Crippen LogP contribution in [0.5, 0.6) is 5.75 Å². The molecule has 2 aliphatic heterocycles. The van der Waals surface area contributed by atoms with Gasteiger partial charge in [-0.25, -0.2) is 4.79 Å². The van der Waals surface area contributed by atoms with Gasteiger partial charge in [-0.2, -0.15) is 0 Å². The smallest absolute Gasteiger partial charge is 0.323 e. The minimum atomic E-state index is -0.376. The van der Waals surface area contributed by atoms with Gasteiger partial charge in [0.1, 0.15) is 5.75 Å². The van der Waals surface area contributed by atoms with Gasteiger partial charge in [0, 0.05) is 56.3 Å². The highest BCUT2D eigenvalue weighted by molar-refractivity contribution is 6.04. The molecule has 0 bridgehead atoms. The molecule has 2 aromatic rings. The van der Waals surface area contributed by atoms with Crippen molar-refractivity contribution >= 4 is 29.0 Å². The molecule has 9 nitrogen and oxygen atoms in total. The van der Waals surface area contributed by atoms with E-state index in [1.807, 2.05) is 12.1 Å². The first-order valence-corrected chi connectivity index (χ1v) is 12.7. The van der Waals surface area contributed by atoms with Gasteiger partial charge in [-0.1, -0.05) is 6.92 Å². The van der Waals surface area contributed by atoms with E-state index in [4.69, 9.17) is 9.47 Å². The van der Waals surface area contributed by atoms with Crippen LogP contribution in [0.4, 0.5) is 21.9 Å².